The molecule has 4 rings (SSSR count). The average Bonchev–Trinajstić information content (AvgIpc) is 3.57. The fourth-order valence-electron chi connectivity index (χ4n) is 5.02. The van der Waals surface area contributed by atoms with Gasteiger partial charge in [-0.25, -0.2) is 4.79 Å². The Bertz CT molecular complexity index is 1290. The van der Waals surface area contributed by atoms with Crippen molar-refractivity contribution in [1.29, 1.82) is 5.26 Å². The third-order valence-corrected chi connectivity index (χ3v) is 7.14. The molecule has 214 valence electrons. The van der Waals surface area contributed by atoms with Gasteiger partial charge in [-0.3, -0.25) is 9.59 Å². The minimum atomic E-state index is -0.835. The summed E-state index contributed by atoms with van der Waals surface area (Å²) >= 11 is 0. The number of carbonyl (C=O) groups is 3. The summed E-state index contributed by atoms with van der Waals surface area (Å²) < 4.78 is 10.9. The summed E-state index contributed by atoms with van der Waals surface area (Å²) in [5.41, 5.74) is 0.977. The van der Waals surface area contributed by atoms with Crippen molar-refractivity contribution in [3.05, 3.63) is 41.4 Å². The van der Waals surface area contributed by atoms with E-state index in [0.717, 1.165) is 36.8 Å². The van der Waals surface area contributed by atoms with E-state index in [4.69, 9.17) is 14.3 Å². The zero-order valence-electron chi connectivity index (χ0n) is 22.9. The molecule has 11 nitrogen and oxygen atoms in total. The number of hydrogen-bond acceptors (Lipinski definition) is 9. The first-order valence-corrected chi connectivity index (χ1v) is 13.9. The molecule has 0 radical (unpaired) electrons. The van der Waals surface area contributed by atoms with E-state index in [9.17, 15) is 19.6 Å². The molecule has 2 aliphatic heterocycles. The van der Waals surface area contributed by atoms with E-state index in [2.05, 4.69) is 10.6 Å². The molecule has 11 heteroatoms. The van der Waals surface area contributed by atoms with Crippen LogP contribution in [0.25, 0.3) is 11.0 Å². The second-order valence-electron chi connectivity index (χ2n) is 10.2. The van der Waals surface area contributed by atoms with E-state index in [1.807, 2.05) is 25.1 Å². The lowest BCUT2D eigenvalue weighted by molar-refractivity contribution is -0.140. The lowest BCUT2D eigenvalue weighted by Gasteiger charge is -2.28. The topological polar surface area (TPSA) is 148 Å². The highest BCUT2D eigenvalue weighted by Crippen LogP contribution is 2.24. The summed E-state index contributed by atoms with van der Waals surface area (Å²) in [6.45, 7) is 3.78. The first kappa shape index (κ1) is 29.0. The molecule has 0 unspecified atom stereocenters. The van der Waals surface area contributed by atoms with Crippen LogP contribution in [0.2, 0.25) is 0 Å². The van der Waals surface area contributed by atoms with Gasteiger partial charge in [0.1, 0.15) is 29.3 Å². The Labute approximate surface area is 233 Å². The van der Waals surface area contributed by atoms with Crippen molar-refractivity contribution >= 4 is 34.4 Å². The van der Waals surface area contributed by atoms with Crippen molar-refractivity contribution in [2.75, 3.05) is 44.7 Å². The minimum Gasteiger partial charge on any atom is -0.461 e. The first-order valence-electron chi connectivity index (χ1n) is 13.9. The van der Waals surface area contributed by atoms with Crippen molar-refractivity contribution in [3.8, 4) is 6.07 Å². The first-order chi connectivity index (χ1) is 19.4. The number of benzene rings is 1. The van der Waals surface area contributed by atoms with Crippen LogP contribution in [0.3, 0.4) is 0 Å². The second-order valence-corrected chi connectivity index (χ2v) is 10.2. The van der Waals surface area contributed by atoms with Crippen LogP contribution in [-0.4, -0.2) is 78.1 Å². The molecule has 0 spiro atoms. The Morgan fingerprint density at radius 1 is 1.15 bits per heavy atom. The highest BCUT2D eigenvalue weighted by atomic mass is 16.5. The summed E-state index contributed by atoms with van der Waals surface area (Å²) in [5.74, 6) is -0.344. The van der Waals surface area contributed by atoms with E-state index in [1.54, 1.807) is 21.9 Å². The molecule has 1 aromatic heterocycles. The highest BCUT2D eigenvalue weighted by Gasteiger charge is 2.32. The summed E-state index contributed by atoms with van der Waals surface area (Å²) in [4.78, 5) is 42.7. The van der Waals surface area contributed by atoms with Crippen molar-refractivity contribution in [2.45, 2.75) is 57.9 Å². The molecule has 3 N–H and O–H groups in total. The number of nitriles is 1. The number of likely N-dealkylation sites (tertiary alicyclic amines) is 2. The Hall–Kier alpha value is -4.04. The predicted octanol–water partition coefficient (Wildman–Crippen LogP) is 2.80. The number of hydrogen-bond donors (Lipinski definition) is 3. The zero-order valence-corrected chi connectivity index (χ0v) is 22.9. The van der Waals surface area contributed by atoms with Gasteiger partial charge < -0.3 is 34.7 Å². The molecular weight excluding hydrogens is 514 g/mol. The van der Waals surface area contributed by atoms with Gasteiger partial charge in [-0.15, -0.1) is 0 Å². The molecular formula is C29H37N5O6. The number of aliphatic hydroxyl groups is 1. The summed E-state index contributed by atoms with van der Waals surface area (Å²) in [7, 11) is 0. The molecule has 2 saturated heterocycles. The van der Waals surface area contributed by atoms with Gasteiger partial charge in [0.05, 0.1) is 13.2 Å². The fourth-order valence-corrected chi connectivity index (χ4v) is 5.02. The van der Waals surface area contributed by atoms with Gasteiger partial charge in [0.25, 0.3) is 0 Å². The molecule has 2 fully saturated rings. The molecule has 0 bridgehead atoms. The second kappa shape index (κ2) is 13.8. The normalized spacial score (nSPS) is 18.2. The van der Waals surface area contributed by atoms with Gasteiger partial charge >= 0.3 is 5.97 Å². The number of amides is 2. The largest absolute Gasteiger partial charge is 0.461 e. The Balaban J connectivity index is 1.58. The maximum atomic E-state index is 13.6. The third-order valence-electron chi connectivity index (χ3n) is 7.14. The van der Waals surface area contributed by atoms with Gasteiger partial charge in [0, 0.05) is 37.3 Å². The van der Waals surface area contributed by atoms with Crippen LogP contribution < -0.4 is 10.6 Å². The van der Waals surface area contributed by atoms with Gasteiger partial charge in [-0.05, 0) is 76.1 Å². The molecule has 2 amide bonds. The average molecular weight is 552 g/mol. The Morgan fingerprint density at radius 2 is 1.93 bits per heavy atom. The smallest absolute Gasteiger partial charge is 0.352 e. The fraction of sp³-hybridized carbons (Fsp3) is 0.517. The van der Waals surface area contributed by atoms with Crippen molar-refractivity contribution in [2.24, 2.45) is 0 Å². The van der Waals surface area contributed by atoms with E-state index in [-0.39, 0.29) is 43.0 Å². The van der Waals surface area contributed by atoms with Crippen LogP contribution >= 0.6 is 0 Å². The minimum absolute atomic E-state index is 0.0119. The number of rotatable bonds is 11. The summed E-state index contributed by atoms with van der Waals surface area (Å²) in [6, 6.07) is 8.42. The van der Waals surface area contributed by atoms with Crippen molar-refractivity contribution < 1.29 is 28.6 Å². The number of aryl methyl sites for hydroxylation is 1. The van der Waals surface area contributed by atoms with Crippen LogP contribution in [0.1, 0.15) is 50.7 Å². The maximum absolute atomic E-state index is 13.6. The van der Waals surface area contributed by atoms with Crippen LogP contribution in [0.15, 0.2) is 40.1 Å². The van der Waals surface area contributed by atoms with Crippen LogP contribution in [0.4, 0.5) is 5.69 Å². The number of fused-ring (bicyclic) bond motifs is 1. The molecule has 0 saturated carbocycles. The molecule has 1 atom stereocenters. The van der Waals surface area contributed by atoms with E-state index in [1.165, 1.54) is 0 Å². The van der Waals surface area contributed by atoms with Gasteiger partial charge in [0.15, 0.2) is 5.57 Å². The van der Waals surface area contributed by atoms with Crippen molar-refractivity contribution in [1.82, 2.24) is 15.1 Å². The lowest BCUT2D eigenvalue weighted by Crippen LogP contribution is -2.49. The highest BCUT2D eigenvalue weighted by molar-refractivity contribution is 5.95. The monoisotopic (exact) mass is 551 g/mol. The number of ether oxygens (including phenoxy) is 1. The molecule has 40 heavy (non-hydrogen) atoms. The molecule has 2 aliphatic rings. The van der Waals surface area contributed by atoms with E-state index in [0.29, 0.717) is 50.2 Å². The standard InChI is InChI=1S/C29H37N5O6/c1-20-16-21-17-22(9-10-25(21)40-20)31-27(23(18-30)29(38)39-15-7-6-14-35)32-24-8-2-3-13-34(28(24)37)19-26(36)33-11-4-5-12-33/h9-10,16-17,24,31-32,35H,2-8,11-15,19H2,1H3/t24-/m0/s1. The van der Waals surface area contributed by atoms with Crippen LogP contribution in [0.5, 0.6) is 0 Å². The van der Waals surface area contributed by atoms with Crippen LogP contribution in [0, 0.1) is 18.3 Å². The summed E-state index contributed by atoms with van der Waals surface area (Å²) in [5, 5.41) is 26.0. The van der Waals surface area contributed by atoms with Gasteiger partial charge in [-0.2, -0.15) is 5.26 Å². The zero-order chi connectivity index (χ0) is 28.5. The number of nitrogens with one attached hydrogen (secondary N) is 2. The number of furan rings is 1. The predicted molar refractivity (Wildman–Crippen MR) is 148 cm³/mol. The lowest BCUT2D eigenvalue weighted by atomic mass is 10.1. The molecule has 3 heterocycles. The number of unbranched alkanes of at least 4 members (excludes halogenated alkanes) is 1. The SMILES string of the molecule is Cc1cc2cc(NC(N[C@H]3CCCCN(CC(=O)N4CCCC4)C3=O)=C(C#N)C(=O)OCCCCO)ccc2o1. The Morgan fingerprint density at radius 3 is 2.67 bits per heavy atom. The number of esters is 1. The molecule has 0 aliphatic carbocycles. The quantitative estimate of drug-likeness (QED) is 0.166. The number of carbonyl (C=O) groups excluding carboxylic acids is 3. The molecule has 2 aromatic rings. The van der Waals surface area contributed by atoms with Gasteiger partial charge in [0.2, 0.25) is 11.8 Å². The maximum Gasteiger partial charge on any atom is 0.352 e. The number of nitrogens with zero attached hydrogens (tertiary/aromatic N) is 3. The third kappa shape index (κ3) is 7.33. The van der Waals surface area contributed by atoms with Crippen LogP contribution in [-0.2, 0) is 19.1 Å². The molecule has 1 aromatic carbocycles. The summed E-state index contributed by atoms with van der Waals surface area (Å²) in [6.07, 6.45) is 4.82. The number of aliphatic hydroxyl groups excluding tert-OH is 1. The number of anilines is 1. The Kier molecular flexibility index (Phi) is 10.0. The van der Waals surface area contributed by atoms with Gasteiger partial charge in [-0.1, -0.05) is 0 Å². The van der Waals surface area contributed by atoms with E-state index < -0.39 is 12.0 Å². The van der Waals surface area contributed by atoms with E-state index >= 15 is 0 Å². The van der Waals surface area contributed by atoms with Crippen molar-refractivity contribution in [3.63, 3.8) is 0 Å².